The molecule has 1 aliphatic heterocycles. The first-order chi connectivity index (χ1) is 16.4. The van der Waals surface area contributed by atoms with E-state index in [2.05, 4.69) is 0 Å². The van der Waals surface area contributed by atoms with E-state index >= 15 is 0 Å². The fraction of sp³-hybridized carbons (Fsp3) is 0.185. The molecule has 0 saturated carbocycles. The molecule has 1 aliphatic rings. The molecule has 3 aromatic carbocycles. The molecule has 1 heterocycles. The SMILES string of the molecule is COc1ccc(CCN2C(=O)C(=O)/C(=C(/O)c3cc(Cl)ccc3OC)C2c2ccccc2)cc1. The van der Waals surface area contributed by atoms with Crippen molar-refractivity contribution in [3.8, 4) is 11.5 Å². The summed E-state index contributed by atoms with van der Waals surface area (Å²) in [7, 11) is 3.06. The number of nitrogens with zero attached hydrogens (tertiary/aromatic N) is 1. The maximum Gasteiger partial charge on any atom is 0.295 e. The molecule has 0 bridgehead atoms. The second-order valence-corrected chi connectivity index (χ2v) is 8.28. The second kappa shape index (κ2) is 10.0. The van der Waals surface area contributed by atoms with E-state index in [0.29, 0.717) is 23.7 Å². The Hall–Kier alpha value is -3.77. The van der Waals surface area contributed by atoms with Gasteiger partial charge in [-0.15, -0.1) is 0 Å². The molecule has 1 fully saturated rings. The largest absolute Gasteiger partial charge is 0.507 e. The lowest BCUT2D eigenvalue weighted by Crippen LogP contribution is -2.31. The Labute approximate surface area is 203 Å². The van der Waals surface area contributed by atoms with Crippen molar-refractivity contribution in [3.63, 3.8) is 0 Å². The molecule has 0 aliphatic carbocycles. The number of methoxy groups -OCH3 is 2. The first kappa shape index (κ1) is 23.4. The summed E-state index contributed by atoms with van der Waals surface area (Å²) in [5.41, 5.74) is 1.97. The van der Waals surface area contributed by atoms with Crippen LogP contribution in [-0.4, -0.2) is 42.5 Å². The Balaban J connectivity index is 1.77. The maximum atomic E-state index is 13.2. The molecule has 1 saturated heterocycles. The van der Waals surface area contributed by atoms with Crippen molar-refractivity contribution in [1.82, 2.24) is 4.90 Å². The van der Waals surface area contributed by atoms with Gasteiger partial charge in [0.1, 0.15) is 17.3 Å². The van der Waals surface area contributed by atoms with E-state index in [-0.39, 0.29) is 16.9 Å². The summed E-state index contributed by atoms with van der Waals surface area (Å²) >= 11 is 6.15. The molecule has 1 N–H and O–H groups in total. The van der Waals surface area contributed by atoms with Crippen molar-refractivity contribution >= 4 is 29.1 Å². The smallest absolute Gasteiger partial charge is 0.295 e. The van der Waals surface area contributed by atoms with Crippen LogP contribution in [-0.2, 0) is 16.0 Å². The van der Waals surface area contributed by atoms with Gasteiger partial charge < -0.3 is 19.5 Å². The third kappa shape index (κ3) is 4.50. The number of aliphatic hydroxyl groups excluding tert-OH is 1. The Bertz CT molecular complexity index is 1240. The third-order valence-electron chi connectivity index (χ3n) is 5.87. The topological polar surface area (TPSA) is 76.1 Å². The Morgan fingerprint density at radius 3 is 2.32 bits per heavy atom. The van der Waals surface area contributed by atoms with Crippen molar-refractivity contribution in [1.29, 1.82) is 0 Å². The molecule has 0 radical (unpaired) electrons. The maximum absolute atomic E-state index is 13.2. The minimum atomic E-state index is -0.747. The molecule has 0 aromatic heterocycles. The molecule has 1 unspecified atom stereocenters. The fourth-order valence-electron chi connectivity index (χ4n) is 4.14. The summed E-state index contributed by atoms with van der Waals surface area (Å²) in [5, 5.41) is 11.6. The monoisotopic (exact) mass is 477 g/mol. The number of carbonyl (C=O) groups is 2. The van der Waals surface area contributed by atoms with E-state index in [1.54, 1.807) is 19.2 Å². The number of amides is 1. The van der Waals surface area contributed by atoms with Crippen LogP contribution in [0.4, 0.5) is 0 Å². The van der Waals surface area contributed by atoms with E-state index in [4.69, 9.17) is 21.1 Å². The van der Waals surface area contributed by atoms with Crippen molar-refractivity contribution in [2.24, 2.45) is 0 Å². The molecular weight excluding hydrogens is 454 g/mol. The highest BCUT2D eigenvalue weighted by atomic mass is 35.5. The number of rotatable bonds is 7. The van der Waals surface area contributed by atoms with Crippen molar-refractivity contribution in [3.05, 3.63) is 100 Å². The fourth-order valence-corrected chi connectivity index (χ4v) is 4.32. The van der Waals surface area contributed by atoms with Gasteiger partial charge in [0.2, 0.25) is 0 Å². The van der Waals surface area contributed by atoms with Crippen molar-refractivity contribution < 1.29 is 24.2 Å². The molecule has 6 nitrogen and oxygen atoms in total. The first-order valence-corrected chi connectivity index (χ1v) is 11.1. The number of ketones is 1. The van der Waals surface area contributed by atoms with Gasteiger partial charge in [0.25, 0.3) is 11.7 Å². The van der Waals surface area contributed by atoms with Gasteiger partial charge >= 0.3 is 0 Å². The highest BCUT2D eigenvalue weighted by molar-refractivity contribution is 6.46. The van der Waals surface area contributed by atoms with Gasteiger partial charge in [0, 0.05) is 11.6 Å². The van der Waals surface area contributed by atoms with Gasteiger partial charge in [-0.3, -0.25) is 9.59 Å². The zero-order chi connectivity index (χ0) is 24.2. The van der Waals surface area contributed by atoms with E-state index < -0.39 is 17.7 Å². The summed E-state index contributed by atoms with van der Waals surface area (Å²) in [6, 6.07) is 20.7. The molecule has 1 amide bonds. The lowest BCUT2D eigenvalue weighted by Gasteiger charge is -2.25. The number of halogens is 1. The Morgan fingerprint density at radius 1 is 0.971 bits per heavy atom. The average molecular weight is 478 g/mol. The number of carbonyl (C=O) groups excluding carboxylic acids is 2. The van der Waals surface area contributed by atoms with Crippen LogP contribution < -0.4 is 9.47 Å². The van der Waals surface area contributed by atoms with Gasteiger partial charge in [0.05, 0.1) is 31.4 Å². The predicted octanol–water partition coefficient (Wildman–Crippen LogP) is 5.02. The number of Topliss-reactive ketones (excluding diaryl/α,β-unsaturated/α-hetero) is 1. The summed E-state index contributed by atoms with van der Waals surface area (Å²) < 4.78 is 10.6. The van der Waals surface area contributed by atoms with Crippen LogP contribution >= 0.6 is 11.6 Å². The number of ether oxygens (including phenoxy) is 2. The molecule has 1 atom stereocenters. The van der Waals surface area contributed by atoms with Crippen LogP contribution in [0.1, 0.15) is 22.7 Å². The molecule has 4 rings (SSSR count). The lowest BCUT2D eigenvalue weighted by molar-refractivity contribution is -0.139. The van der Waals surface area contributed by atoms with Crippen LogP contribution in [0.2, 0.25) is 5.02 Å². The molecule has 34 heavy (non-hydrogen) atoms. The highest BCUT2D eigenvalue weighted by Crippen LogP contribution is 2.41. The molecule has 174 valence electrons. The van der Waals surface area contributed by atoms with Crippen molar-refractivity contribution in [2.75, 3.05) is 20.8 Å². The Kier molecular flexibility index (Phi) is 6.89. The summed E-state index contributed by atoms with van der Waals surface area (Å²) in [4.78, 5) is 27.8. The van der Waals surface area contributed by atoms with E-state index in [1.165, 1.54) is 18.1 Å². The van der Waals surface area contributed by atoms with Gasteiger partial charge in [-0.25, -0.2) is 0 Å². The van der Waals surface area contributed by atoms with E-state index in [9.17, 15) is 14.7 Å². The number of aliphatic hydroxyl groups is 1. The van der Waals surface area contributed by atoms with E-state index in [1.807, 2.05) is 54.6 Å². The molecule has 0 spiro atoms. The summed E-state index contributed by atoms with van der Waals surface area (Å²) in [5.74, 6) is -0.645. The zero-order valence-corrected chi connectivity index (χ0v) is 19.6. The second-order valence-electron chi connectivity index (χ2n) is 7.85. The predicted molar refractivity (Wildman–Crippen MR) is 130 cm³/mol. The quantitative estimate of drug-likeness (QED) is 0.294. The number of likely N-dealkylation sites (tertiary alicyclic amines) is 1. The molecular formula is C27H24ClNO5. The first-order valence-electron chi connectivity index (χ1n) is 10.7. The van der Waals surface area contributed by atoms with Crippen LogP contribution in [0.3, 0.4) is 0 Å². The molecule has 3 aromatic rings. The normalized spacial score (nSPS) is 17.1. The lowest BCUT2D eigenvalue weighted by atomic mass is 9.95. The summed E-state index contributed by atoms with van der Waals surface area (Å²) in [6.45, 7) is 0.292. The third-order valence-corrected chi connectivity index (χ3v) is 6.11. The van der Waals surface area contributed by atoms with Crippen LogP contribution in [0.25, 0.3) is 5.76 Å². The van der Waals surface area contributed by atoms with Gasteiger partial charge in [-0.2, -0.15) is 0 Å². The van der Waals surface area contributed by atoms with Crippen LogP contribution in [0.15, 0.2) is 78.4 Å². The van der Waals surface area contributed by atoms with Gasteiger partial charge in [-0.05, 0) is 47.9 Å². The Morgan fingerprint density at radius 2 is 1.68 bits per heavy atom. The highest BCUT2D eigenvalue weighted by Gasteiger charge is 2.46. The molecule has 7 heteroatoms. The van der Waals surface area contributed by atoms with Crippen molar-refractivity contribution in [2.45, 2.75) is 12.5 Å². The standard InChI is InChI=1S/C27H24ClNO5/c1-33-20-11-8-17(9-12-20)14-15-29-24(18-6-4-3-5-7-18)23(26(31)27(29)32)25(30)21-16-19(28)10-13-22(21)34-2/h3-13,16,24,30H,14-15H2,1-2H3/b25-23+. The minimum Gasteiger partial charge on any atom is -0.507 e. The van der Waals surface area contributed by atoms with Crippen LogP contribution in [0, 0.1) is 0 Å². The average Bonchev–Trinajstić information content (AvgIpc) is 3.12. The van der Waals surface area contributed by atoms with E-state index in [0.717, 1.165) is 16.9 Å². The number of hydrogen-bond donors (Lipinski definition) is 1. The number of hydrogen-bond acceptors (Lipinski definition) is 5. The number of benzene rings is 3. The van der Waals surface area contributed by atoms with Crippen LogP contribution in [0.5, 0.6) is 11.5 Å². The minimum absolute atomic E-state index is 0.00602. The van der Waals surface area contributed by atoms with Gasteiger partial charge in [0.15, 0.2) is 0 Å². The zero-order valence-electron chi connectivity index (χ0n) is 18.8. The summed E-state index contributed by atoms with van der Waals surface area (Å²) in [6.07, 6.45) is 0.529. The van der Waals surface area contributed by atoms with Gasteiger partial charge in [-0.1, -0.05) is 54.1 Å².